The van der Waals surface area contributed by atoms with Crippen LogP contribution in [0.2, 0.25) is 5.02 Å². The third kappa shape index (κ3) is 3.05. The Morgan fingerprint density at radius 3 is 2.64 bits per heavy atom. The number of aromatic nitrogens is 1. The quantitative estimate of drug-likeness (QED) is 0.715. The molecule has 1 aliphatic rings. The zero-order valence-electron chi connectivity index (χ0n) is 13.7. The van der Waals surface area contributed by atoms with Gasteiger partial charge in [0.1, 0.15) is 11.4 Å². The molecule has 126 valence electrons. The van der Waals surface area contributed by atoms with Gasteiger partial charge in [0, 0.05) is 16.5 Å². The minimum absolute atomic E-state index is 0.0200. The van der Waals surface area contributed by atoms with E-state index >= 15 is 0 Å². The number of benzene rings is 2. The van der Waals surface area contributed by atoms with E-state index in [-0.39, 0.29) is 17.7 Å². The first kappa shape index (κ1) is 15.9. The van der Waals surface area contributed by atoms with Gasteiger partial charge in [-0.3, -0.25) is 4.79 Å². The maximum atomic E-state index is 12.7. The molecule has 0 bridgehead atoms. The van der Waals surface area contributed by atoms with Crippen molar-refractivity contribution in [2.45, 2.75) is 19.3 Å². The lowest BCUT2D eigenvalue weighted by Crippen LogP contribution is -2.15. The molecule has 1 amide bonds. The lowest BCUT2D eigenvalue weighted by molar-refractivity contribution is -0.117. The standard InChI is InChI=1S/C20H17ClN2O2/c1-12-18(19(25-23-12)13-7-3-2-4-8-13)22-20(24)16-11-15(16)14-9-5-6-10-17(14)21/h2-10,15-16H,11H2,1H3,(H,22,24). The number of hydrogen-bond donors (Lipinski definition) is 1. The fraction of sp³-hybridized carbons (Fsp3) is 0.200. The Labute approximate surface area is 150 Å². The number of nitrogens with zero attached hydrogens (tertiary/aromatic N) is 1. The highest BCUT2D eigenvalue weighted by molar-refractivity contribution is 6.31. The molecule has 1 fully saturated rings. The van der Waals surface area contributed by atoms with Crippen molar-refractivity contribution in [1.29, 1.82) is 0 Å². The van der Waals surface area contributed by atoms with Crippen LogP contribution in [0.3, 0.4) is 0 Å². The Hall–Kier alpha value is -2.59. The van der Waals surface area contributed by atoms with Crippen LogP contribution in [0.15, 0.2) is 59.1 Å². The molecule has 2 unspecified atom stereocenters. The minimum atomic E-state index is -0.0715. The highest BCUT2D eigenvalue weighted by Gasteiger charge is 2.45. The van der Waals surface area contributed by atoms with Gasteiger partial charge in [-0.15, -0.1) is 0 Å². The first-order chi connectivity index (χ1) is 12.1. The van der Waals surface area contributed by atoms with E-state index in [1.54, 1.807) is 0 Å². The van der Waals surface area contributed by atoms with Gasteiger partial charge in [-0.05, 0) is 30.9 Å². The van der Waals surface area contributed by atoms with Crippen LogP contribution >= 0.6 is 11.6 Å². The molecule has 1 aromatic heterocycles. The molecule has 4 nitrogen and oxygen atoms in total. The van der Waals surface area contributed by atoms with Crippen molar-refractivity contribution < 1.29 is 9.32 Å². The predicted octanol–water partition coefficient (Wildman–Crippen LogP) is 5.05. The minimum Gasteiger partial charge on any atom is -0.354 e. The molecule has 0 saturated heterocycles. The van der Waals surface area contributed by atoms with Crippen LogP contribution in [0.25, 0.3) is 11.3 Å². The predicted molar refractivity (Wildman–Crippen MR) is 97.6 cm³/mol. The number of carbonyl (C=O) groups is 1. The van der Waals surface area contributed by atoms with Crippen molar-refractivity contribution in [2.75, 3.05) is 5.32 Å². The topological polar surface area (TPSA) is 55.1 Å². The summed E-state index contributed by atoms with van der Waals surface area (Å²) in [5, 5.41) is 7.72. The number of halogens is 1. The smallest absolute Gasteiger partial charge is 0.228 e. The molecule has 0 radical (unpaired) electrons. The van der Waals surface area contributed by atoms with Crippen LogP contribution in [0.4, 0.5) is 5.69 Å². The highest BCUT2D eigenvalue weighted by atomic mass is 35.5. The fourth-order valence-electron chi connectivity index (χ4n) is 3.12. The number of carbonyl (C=O) groups excluding carboxylic acids is 1. The number of amides is 1. The molecule has 1 aliphatic carbocycles. The second-order valence-corrected chi connectivity index (χ2v) is 6.70. The number of anilines is 1. The third-order valence-corrected chi connectivity index (χ3v) is 4.92. The second kappa shape index (κ2) is 6.37. The summed E-state index contributed by atoms with van der Waals surface area (Å²) in [6.45, 7) is 1.82. The number of hydrogen-bond acceptors (Lipinski definition) is 3. The summed E-state index contributed by atoms with van der Waals surface area (Å²) in [5.41, 5.74) is 3.23. The molecule has 2 aromatic carbocycles. The summed E-state index contributed by atoms with van der Waals surface area (Å²) in [6.07, 6.45) is 0.806. The summed E-state index contributed by atoms with van der Waals surface area (Å²) in [6, 6.07) is 17.3. The molecule has 1 heterocycles. The highest BCUT2D eigenvalue weighted by Crippen LogP contribution is 2.50. The van der Waals surface area contributed by atoms with Crippen molar-refractivity contribution in [2.24, 2.45) is 5.92 Å². The molecule has 1 N–H and O–H groups in total. The van der Waals surface area contributed by atoms with E-state index in [1.807, 2.05) is 61.5 Å². The molecular formula is C20H17ClN2O2. The zero-order chi connectivity index (χ0) is 17.4. The van der Waals surface area contributed by atoms with E-state index in [1.165, 1.54) is 0 Å². The van der Waals surface area contributed by atoms with Gasteiger partial charge in [0.05, 0.1) is 0 Å². The van der Waals surface area contributed by atoms with E-state index in [2.05, 4.69) is 10.5 Å². The van der Waals surface area contributed by atoms with Crippen molar-refractivity contribution in [1.82, 2.24) is 5.16 Å². The molecule has 1 saturated carbocycles. The average molecular weight is 353 g/mol. The molecule has 25 heavy (non-hydrogen) atoms. The van der Waals surface area contributed by atoms with Gasteiger partial charge in [-0.2, -0.15) is 0 Å². The van der Waals surface area contributed by atoms with Crippen LogP contribution in [0.5, 0.6) is 0 Å². The largest absolute Gasteiger partial charge is 0.354 e. The Bertz CT molecular complexity index is 920. The summed E-state index contributed by atoms with van der Waals surface area (Å²) in [7, 11) is 0. The summed E-state index contributed by atoms with van der Waals surface area (Å²) >= 11 is 6.25. The van der Waals surface area contributed by atoms with E-state index in [0.717, 1.165) is 17.5 Å². The van der Waals surface area contributed by atoms with Crippen molar-refractivity contribution >= 4 is 23.2 Å². The Morgan fingerprint density at radius 1 is 1.16 bits per heavy atom. The molecular weight excluding hydrogens is 336 g/mol. The van der Waals surface area contributed by atoms with E-state index < -0.39 is 0 Å². The van der Waals surface area contributed by atoms with Crippen molar-refractivity contribution in [3.63, 3.8) is 0 Å². The van der Waals surface area contributed by atoms with E-state index in [4.69, 9.17) is 16.1 Å². The molecule has 5 heteroatoms. The van der Waals surface area contributed by atoms with Gasteiger partial charge in [0.15, 0.2) is 5.76 Å². The maximum Gasteiger partial charge on any atom is 0.228 e. The summed E-state index contributed by atoms with van der Waals surface area (Å²) in [5.74, 6) is 0.668. The van der Waals surface area contributed by atoms with E-state index in [0.29, 0.717) is 22.2 Å². The molecule has 0 spiro atoms. The van der Waals surface area contributed by atoms with Gasteiger partial charge in [-0.25, -0.2) is 0 Å². The number of rotatable bonds is 4. The van der Waals surface area contributed by atoms with Gasteiger partial charge < -0.3 is 9.84 Å². The summed E-state index contributed by atoms with van der Waals surface area (Å²) < 4.78 is 5.43. The molecule has 4 rings (SSSR count). The SMILES string of the molecule is Cc1noc(-c2ccccc2)c1NC(=O)C1CC1c1ccccc1Cl. The molecule has 3 aromatic rings. The zero-order valence-corrected chi connectivity index (χ0v) is 14.5. The first-order valence-electron chi connectivity index (χ1n) is 8.22. The fourth-order valence-corrected chi connectivity index (χ4v) is 3.40. The normalized spacial score (nSPS) is 18.8. The Kier molecular flexibility index (Phi) is 4.06. The van der Waals surface area contributed by atoms with Gasteiger partial charge in [0.2, 0.25) is 5.91 Å². The van der Waals surface area contributed by atoms with Crippen molar-refractivity contribution in [3.05, 3.63) is 70.9 Å². The van der Waals surface area contributed by atoms with Crippen LogP contribution in [0, 0.1) is 12.8 Å². The Morgan fingerprint density at radius 2 is 1.88 bits per heavy atom. The number of nitrogens with one attached hydrogen (secondary N) is 1. The summed E-state index contributed by atoms with van der Waals surface area (Å²) in [4.78, 5) is 12.7. The van der Waals surface area contributed by atoms with Crippen LogP contribution in [-0.2, 0) is 4.79 Å². The molecule has 0 aliphatic heterocycles. The average Bonchev–Trinajstić information content (AvgIpc) is 3.35. The third-order valence-electron chi connectivity index (χ3n) is 4.58. The van der Waals surface area contributed by atoms with Crippen LogP contribution in [0.1, 0.15) is 23.6 Å². The lowest BCUT2D eigenvalue weighted by Gasteiger charge is -2.06. The second-order valence-electron chi connectivity index (χ2n) is 6.30. The van der Waals surface area contributed by atoms with Gasteiger partial charge >= 0.3 is 0 Å². The molecule has 2 atom stereocenters. The van der Waals surface area contributed by atoms with Crippen LogP contribution in [-0.4, -0.2) is 11.1 Å². The van der Waals surface area contributed by atoms with Gasteiger partial charge in [-0.1, -0.05) is 65.3 Å². The maximum absolute atomic E-state index is 12.7. The lowest BCUT2D eigenvalue weighted by atomic mass is 10.1. The first-order valence-corrected chi connectivity index (χ1v) is 8.60. The van der Waals surface area contributed by atoms with Crippen molar-refractivity contribution in [3.8, 4) is 11.3 Å². The van der Waals surface area contributed by atoms with Gasteiger partial charge in [0.25, 0.3) is 0 Å². The monoisotopic (exact) mass is 352 g/mol. The number of aryl methyl sites for hydroxylation is 1. The Balaban J connectivity index is 1.53. The van der Waals surface area contributed by atoms with Crippen LogP contribution < -0.4 is 5.32 Å². The van der Waals surface area contributed by atoms with E-state index in [9.17, 15) is 4.79 Å².